The number of anilines is 1. The summed E-state index contributed by atoms with van der Waals surface area (Å²) in [5.41, 5.74) is 2.60. The number of aryl methyl sites for hydroxylation is 2. The number of rotatable bonds is 6. The fraction of sp³-hybridized carbons (Fsp3) is 0.476. The third kappa shape index (κ3) is 4.96. The van der Waals surface area contributed by atoms with Gasteiger partial charge in [0.1, 0.15) is 5.75 Å². The molecule has 6 nitrogen and oxygen atoms in total. The van der Waals surface area contributed by atoms with Gasteiger partial charge in [0.15, 0.2) is 0 Å². The molecule has 0 aliphatic carbocycles. The number of nitrogens with zero attached hydrogens (tertiary/aromatic N) is 3. The second-order valence-corrected chi connectivity index (χ2v) is 7.02. The quantitative estimate of drug-likeness (QED) is 0.848. The van der Waals surface area contributed by atoms with Crippen molar-refractivity contribution in [3.8, 4) is 5.75 Å². The summed E-state index contributed by atoms with van der Waals surface area (Å²) in [5, 5.41) is 3.07. The van der Waals surface area contributed by atoms with E-state index in [2.05, 4.69) is 20.2 Å². The van der Waals surface area contributed by atoms with Crippen LogP contribution in [0.25, 0.3) is 0 Å². The van der Waals surface area contributed by atoms with Gasteiger partial charge in [-0.05, 0) is 57.7 Å². The molecule has 2 heterocycles. The number of para-hydroxylation sites is 1. The van der Waals surface area contributed by atoms with Crippen molar-refractivity contribution in [1.29, 1.82) is 0 Å². The minimum Gasteiger partial charge on any atom is -0.493 e. The van der Waals surface area contributed by atoms with E-state index in [1.807, 2.05) is 45.0 Å². The third-order valence-corrected chi connectivity index (χ3v) is 4.85. The van der Waals surface area contributed by atoms with E-state index in [9.17, 15) is 4.79 Å². The summed E-state index contributed by atoms with van der Waals surface area (Å²) in [7, 11) is 0. The van der Waals surface area contributed by atoms with Crippen LogP contribution >= 0.6 is 0 Å². The molecule has 1 N–H and O–H groups in total. The molecule has 1 aliphatic rings. The average molecular weight is 368 g/mol. The van der Waals surface area contributed by atoms with E-state index >= 15 is 0 Å². The summed E-state index contributed by atoms with van der Waals surface area (Å²) in [4.78, 5) is 23.9. The summed E-state index contributed by atoms with van der Waals surface area (Å²) in [5.74, 6) is 1.86. The fourth-order valence-corrected chi connectivity index (χ4v) is 3.45. The molecule has 0 spiro atoms. The lowest BCUT2D eigenvalue weighted by Crippen LogP contribution is -2.39. The first kappa shape index (κ1) is 19.1. The number of ether oxygens (including phenoxy) is 1. The van der Waals surface area contributed by atoms with Crippen molar-refractivity contribution in [3.63, 3.8) is 0 Å². The summed E-state index contributed by atoms with van der Waals surface area (Å²) >= 11 is 0. The van der Waals surface area contributed by atoms with Gasteiger partial charge in [-0.3, -0.25) is 4.79 Å². The van der Waals surface area contributed by atoms with Crippen LogP contribution in [0.2, 0.25) is 0 Å². The molecule has 3 rings (SSSR count). The highest BCUT2D eigenvalue weighted by atomic mass is 16.5. The van der Waals surface area contributed by atoms with Crippen molar-refractivity contribution in [2.75, 3.05) is 31.1 Å². The molecule has 0 unspecified atom stereocenters. The minimum absolute atomic E-state index is 0.0703. The molecule has 27 heavy (non-hydrogen) atoms. The molecule has 1 aromatic heterocycles. The lowest BCUT2D eigenvalue weighted by molar-refractivity contribution is 0.0941. The summed E-state index contributed by atoms with van der Waals surface area (Å²) in [6, 6.07) is 9.37. The fourth-order valence-electron chi connectivity index (χ4n) is 3.45. The number of hydrogen-bond donors (Lipinski definition) is 1. The monoisotopic (exact) mass is 368 g/mol. The summed E-state index contributed by atoms with van der Waals surface area (Å²) in [6.07, 6.45) is 2.04. The van der Waals surface area contributed by atoms with E-state index in [4.69, 9.17) is 4.74 Å². The van der Waals surface area contributed by atoms with E-state index in [0.29, 0.717) is 30.4 Å². The Hall–Kier alpha value is -2.63. The van der Waals surface area contributed by atoms with E-state index < -0.39 is 0 Å². The molecule has 0 radical (unpaired) electrons. The largest absolute Gasteiger partial charge is 0.493 e. The topological polar surface area (TPSA) is 67.3 Å². The smallest absolute Gasteiger partial charge is 0.255 e. The van der Waals surface area contributed by atoms with Gasteiger partial charge in [0.2, 0.25) is 5.95 Å². The van der Waals surface area contributed by atoms with E-state index in [0.717, 1.165) is 43.3 Å². The highest BCUT2D eigenvalue weighted by Crippen LogP contribution is 2.22. The molecule has 144 valence electrons. The van der Waals surface area contributed by atoms with Crippen LogP contribution in [0.4, 0.5) is 5.95 Å². The third-order valence-electron chi connectivity index (χ3n) is 4.85. The first-order chi connectivity index (χ1) is 13.1. The second kappa shape index (κ2) is 8.84. The zero-order valence-electron chi connectivity index (χ0n) is 16.4. The van der Waals surface area contributed by atoms with Crippen molar-refractivity contribution in [1.82, 2.24) is 15.3 Å². The van der Waals surface area contributed by atoms with Crippen LogP contribution in [0.15, 0.2) is 30.3 Å². The van der Waals surface area contributed by atoms with Crippen LogP contribution < -0.4 is 15.0 Å². The molecule has 1 aliphatic heterocycles. The molecular weight excluding hydrogens is 340 g/mol. The minimum atomic E-state index is -0.0703. The van der Waals surface area contributed by atoms with Crippen LogP contribution in [0.3, 0.4) is 0 Å². The van der Waals surface area contributed by atoms with Gasteiger partial charge in [0.05, 0.1) is 12.2 Å². The second-order valence-electron chi connectivity index (χ2n) is 7.02. The number of nitrogens with one attached hydrogen (secondary N) is 1. The van der Waals surface area contributed by atoms with Crippen molar-refractivity contribution >= 4 is 11.9 Å². The number of carbonyl (C=O) groups is 1. The first-order valence-electron chi connectivity index (χ1n) is 9.64. The van der Waals surface area contributed by atoms with Gasteiger partial charge in [-0.2, -0.15) is 0 Å². The van der Waals surface area contributed by atoms with Crippen LogP contribution in [-0.2, 0) is 0 Å². The van der Waals surface area contributed by atoms with Gasteiger partial charge >= 0.3 is 0 Å². The molecule has 2 aromatic rings. The Balaban J connectivity index is 1.52. The molecule has 1 fully saturated rings. The van der Waals surface area contributed by atoms with Crippen molar-refractivity contribution in [2.24, 2.45) is 5.92 Å². The number of piperidine rings is 1. The van der Waals surface area contributed by atoms with Crippen LogP contribution in [0.1, 0.15) is 41.5 Å². The molecule has 1 amide bonds. The van der Waals surface area contributed by atoms with Gasteiger partial charge in [-0.1, -0.05) is 12.1 Å². The SMILES string of the molecule is CCOc1ccccc1C(=O)NCC1CCN(c2nc(C)cc(C)n2)CC1. The molecule has 0 atom stereocenters. The lowest BCUT2D eigenvalue weighted by atomic mass is 9.97. The Morgan fingerprint density at radius 2 is 1.85 bits per heavy atom. The van der Waals surface area contributed by atoms with Gasteiger partial charge in [-0.25, -0.2) is 9.97 Å². The van der Waals surface area contributed by atoms with E-state index in [-0.39, 0.29) is 5.91 Å². The Kier molecular flexibility index (Phi) is 6.27. The van der Waals surface area contributed by atoms with Crippen LogP contribution in [-0.4, -0.2) is 42.1 Å². The molecule has 6 heteroatoms. The molecule has 0 bridgehead atoms. The van der Waals surface area contributed by atoms with Crippen molar-refractivity contribution < 1.29 is 9.53 Å². The number of hydrogen-bond acceptors (Lipinski definition) is 5. The zero-order valence-corrected chi connectivity index (χ0v) is 16.4. The van der Waals surface area contributed by atoms with Crippen molar-refractivity contribution in [3.05, 3.63) is 47.3 Å². The lowest BCUT2D eigenvalue weighted by Gasteiger charge is -2.32. The van der Waals surface area contributed by atoms with E-state index in [1.54, 1.807) is 6.07 Å². The number of amides is 1. The summed E-state index contributed by atoms with van der Waals surface area (Å²) in [6.45, 7) is 8.98. The van der Waals surface area contributed by atoms with Gasteiger partial charge in [0.25, 0.3) is 5.91 Å². The van der Waals surface area contributed by atoms with E-state index in [1.165, 1.54) is 0 Å². The highest BCUT2D eigenvalue weighted by molar-refractivity contribution is 5.96. The van der Waals surface area contributed by atoms with Gasteiger partial charge in [0, 0.05) is 31.0 Å². The molecule has 1 saturated heterocycles. The molecular formula is C21H28N4O2. The standard InChI is InChI=1S/C21H28N4O2/c1-4-27-19-8-6-5-7-18(19)20(26)22-14-17-9-11-25(12-10-17)21-23-15(2)13-16(3)24-21/h5-8,13,17H,4,9-12,14H2,1-3H3,(H,22,26). The Labute approximate surface area is 161 Å². The maximum atomic E-state index is 12.5. The number of carbonyl (C=O) groups excluding carboxylic acids is 1. The predicted molar refractivity (Wildman–Crippen MR) is 106 cm³/mol. The van der Waals surface area contributed by atoms with Crippen LogP contribution in [0, 0.1) is 19.8 Å². The Bertz CT molecular complexity index is 765. The number of aromatic nitrogens is 2. The Morgan fingerprint density at radius 3 is 2.52 bits per heavy atom. The molecule has 1 aromatic carbocycles. The predicted octanol–water partition coefficient (Wildman–Crippen LogP) is 3.14. The average Bonchev–Trinajstić information content (AvgIpc) is 2.66. The van der Waals surface area contributed by atoms with Gasteiger partial charge in [-0.15, -0.1) is 0 Å². The van der Waals surface area contributed by atoms with Gasteiger partial charge < -0.3 is 15.0 Å². The maximum absolute atomic E-state index is 12.5. The highest BCUT2D eigenvalue weighted by Gasteiger charge is 2.22. The maximum Gasteiger partial charge on any atom is 0.255 e. The molecule has 0 saturated carbocycles. The Morgan fingerprint density at radius 1 is 1.19 bits per heavy atom. The number of benzene rings is 1. The summed E-state index contributed by atoms with van der Waals surface area (Å²) < 4.78 is 5.55. The normalized spacial score (nSPS) is 14.9. The van der Waals surface area contributed by atoms with Crippen molar-refractivity contribution in [2.45, 2.75) is 33.6 Å². The zero-order chi connectivity index (χ0) is 19.2. The first-order valence-corrected chi connectivity index (χ1v) is 9.64. The van der Waals surface area contributed by atoms with Crippen LogP contribution in [0.5, 0.6) is 5.75 Å².